The number of amides is 1. The number of aromatic nitrogens is 1. The van der Waals surface area contributed by atoms with Crippen LogP contribution in [0.1, 0.15) is 27.2 Å². The van der Waals surface area contributed by atoms with Crippen molar-refractivity contribution in [1.29, 1.82) is 0 Å². The van der Waals surface area contributed by atoms with Crippen LogP contribution >= 0.6 is 0 Å². The van der Waals surface area contributed by atoms with E-state index in [1.165, 1.54) is 12.1 Å². The molecule has 2 N–H and O–H groups in total. The van der Waals surface area contributed by atoms with E-state index in [9.17, 15) is 19.1 Å². The van der Waals surface area contributed by atoms with Gasteiger partial charge in [-0.25, -0.2) is 14.2 Å². The Bertz CT molecular complexity index is 1430. The van der Waals surface area contributed by atoms with Gasteiger partial charge in [0.1, 0.15) is 23.4 Å². The Balaban J connectivity index is 1.31. The molecular formula is C31H30FN3O4. The van der Waals surface area contributed by atoms with Crippen molar-refractivity contribution in [1.82, 2.24) is 10.3 Å². The van der Waals surface area contributed by atoms with Crippen molar-refractivity contribution in [2.24, 2.45) is 0 Å². The molecule has 0 fully saturated rings. The first-order chi connectivity index (χ1) is 18.8. The first-order valence-corrected chi connectivity index (χ1v) is 12.6. The number of aliphatic carboxylic acids is 1. The summed E-state index contributed by atoms with van der Waals surface area (Å²) in [4.78, 5) is 31.1. The molecule has 0 aliphatic carbocycles. The van der Waals surface area contributed by atoms with E-state index in [-0.39, 0.29) is 12.0 Å². The summed E-state index contributed by atoms with van der Waals surface area (Å²) in [6, 6.07) is 25.6. The van der Waals surface area contributed by atoms with Gasteiger partial charge in [-0.1, -0.05) is 42.5 Å². The van der Waals surface area contributed by atoms with Crippen molar-refractivity contribution in [3.05, 3.63) is 119 Å². The van der Waals surface area contributed by atoms with Gasteiger partial charge < -0.3 is 20.1 Å². The molecule has 0 radical (unpaired) electrons. The minimum absolute atomic E-state index is 0.0708. The Morgan fingerprint density at radius 1 is 1.00 bits per heavy atom. The van der Waals surface area contributed by atoms with Crippen LogP contribution in [0, 0.1) is 12.7 Å². The Hall–Kier alpha value is -4.72. The number of para-hydroxylation sites is 1. The number of ether oxygens (including phenoxy) is 1. The summed E-state index contributed by atoms with van der Waals surface area (Å²) in [5.41, 5.74) is 3.33. The fourth-order valence-corrected chi connectivity index (χ4v) is 4.08. The number of benzene rings is 3. The molecule has 0 saturated heterocycles. The predicted octanol–water partition coefficient (Wildman–Crippen LogP) is 5.34. The number of nitrogens with one attached hydrogen (secondary N) is 1. The van der Waals surface area contributed by atoms with Crippen LogP contribution in [0.2, 0.25) is 0 Å². The number of carbonyl (C=O) groups is 2. The van der Waals surface area contributed by atoms with E-state index in [1.54, 1.807) is 31.2 Å². The Morgan fingerprint density at radius 3 is 2.46 bits per heavy atom. The number of pyridine rings is 1. The Labute approximate surface area is 226 Å². The average molecular weight is 528 g/mol. The van der Waals surface area contributed by atoms with E-state index in [4.69, 9.17) is 9.72 Å². The lowest BCUT2D eigenvalue weighted by molar-refractivity contribution is -0.139. The van der Waals surface area contributed by atoms with Gasteiger partial charge in [-0.2, -0.15) is 0 Å². The smallest absolute Gasteiger partial charge is 0.326 e. The van der Waals surface area contributed by atoms with Crippen molar-refractivity contribution >= 4 is 23.4 Å². The number of carbonyl (C=O) groups excluding carboxylic acids is 1. The zero-order valence-corrected chi connectivity index (χ0v) is 21.8. The predicted molar refractivity (Wildman–Crippen MR) is 148 cm³/mol. The zero-order valence-electron chi connectivity index (χ0n) is 21.8. The van der Waals surface area contributed by atoms with E-state index in [2.05, 4.69) is 5.32 Å². The van der Waals surface area contributed by atoms with Gasteiger partial charge in [-0.05, 0) is 66.6 Å². The average Bonchev–Trinajstić information content (AvgIpc) is 2.95. The topological polar surface area (TPSA) is 91.8 Å². The van der Waals surface area contributed by atoms with Crippen molar-refractivity contribution < 1.29 is 23.8 Å². The van der Waals surface area contributed by atoms with Gasteiger partial charge in [-0.3, -0.25) is 4.79 Å². The maximum absolute atomic E-state index is 13.6. The van der Waals surface area contributed by atoms with Gasteiger partial charge in [0, 0.05) is 36.8 Å². The van der Waals surface area contributed by atoms with E-state index >= 15 is 0 Å². The van der Waals surface area contributed by atoms with Gasteiger partial charge >= 0.3 is 5.97 Å². The number of anilines is 2. The fraction of sp³-hybridized carbons (Fsp3) is 0.194. The van der Waals surface area contributed by atoms with Crippen molar-refractivity contribution in [2.75, 3.05) is 18.6 Å². The molecule has 1 amide bonds. The van der Waals surface area contributed by atoms with E-state index < -0.39 is 23.7 Å². The molecule has 3 aromatic carbocycles. The third-order valence-corrected chi connectivity index (χ3v) is 6.32. The molecule has 0 aliphatic heterocycles. The highest BCUT2D eigenvalue weighted by molar-refractivity contribution is 5.97. The molecule has 0 saturated carbocycles. The standard InChI is InChI=1S/C31H30FN3O4/c1-21-11-14-23(32)20-27(21)30(36)34-28(31(37)38)19-22-12-15-26(16-13-22)39-18-17-24-7-6-10-29(33-24)35(2)25-8-4-3-5-9-25/h3-16,20,28H,17-19H2,1-2H3,(H,34,36)(H,37,38)/t28-/m0/s1. The minimum Gasteiger partial charge on any atom is -0.493 e. The number of rotatable bonds is 11. The Morgan fingerprint density at radius 2 is 1.74 bits per heavy atom. The maximum atomic E-state index is 13.6. The second-order valence-corrected chi connectivity index (χ2v) is 9.15. The molecule has 8 heteroatoms. The third-order valence-electron chi connectivity index (χ3n) is 6.32. The van der Waals surface area contributed by atoms with Crippen LogP contribution in [0.4, 0.5) is 15.9 Å². The number of carboxylic acid groups (broad SMARTS) is 1. The van der Waals surface area contributed by atoms with E-state index in [0.29, 0.717) is 29.9 Å². The summed E-state index contributed by atoms with van der Waals surface area (Å²) in [5, 5.41) is 12.1. The van der Waals surface area contributed by atoms with Crippen LogP contribution in [-0.4, -0.2) is 41.7 Å². The Kier molecular flexibility index (Phi) is 8.89. The molecule has 0 unspecified atom stereocenters. The zero-order chi connectivity index (χ0) is 27.8. The molecule has 1 atom stereocenters. The van der Waals surface area contributed by atoms with Crippen molar-refractivity contribution in [3.8, 4) is 5.75 Å². The first kappa shape index (κ1) is 27.3. The number of nitrogens with zero attached hydrogens (tertiary/aromatic N) is 2. The lowest BCUT2D eigenvalue weighted by atomic mass is 10.0. The van der Waals surface area contributed by atoms with Gasteiger partial charge in [0.25, 0.3) is 5.91 Å². The summed E-state index contributed by atoms with van der Waals surface area (Å²) in [6.45, 7) is 2.09. The monoisotopic (exact) mass is 527 g/mol. The SMILES string of the molecule is Cc1ccc(F)cc1C(=O)N[C@@H](Cc1ccc(OCCc2cccc(N(C)c3ccccc3)n2)cc1)C(=O)O. The second-order valence-electron chi connectivity index (χ2n) is 9.15. The van der Waals surface area contributed by atoms with Gasteiger partial charge in [0.15, 0.2) is 0 Å². The van der Waals surface area contributed by atoms with Crippen molar-refractivity contribution in [2.45, 2.75) is 25.8 Å². The highest BCUT2D eigenvalue weighted by Crippen LogP contribution is 2.21. The van der Waals surface area contributed by atoms with E-state index in [0.717, 1.165) is 23.3 Å². The molecule has 1 heterocycles. The summed E-state index contributed by atoms with van der Waals surface area (Å²) in [6.07, 6.45) is 0.687. The van der Waals surface area contributed by atoms with Crippen molar-refractivity contribution in [3.63, 3.8) is 0 Å². The molecule has 0 aliphatic rings. The first-order valence-electron chi connectivity index (χ1n) is 12.6. The van der Waals surface area contributed by atoms with Crippen LogP contribution in [0.5, 0.6) is 5.75 Å². The van der Waals surface area contributed by atoms with Crippen LogP contribution < -0.4 is 15.0 Å². The molecule has 4 aromatic rings. The van der Waals surface area contributed by atoms with Gasteiger partial charge in [0.05, 0.1) is 6.61 Å². The molecule has 200 valence electrons. The van der Waals surface area contributed by atoms with Crippen LogP contribution in [0.25, 0.3) is 0 Å². The minimum atomic E-state index is -1.18. The molecular weight excluding hydrogens is 497 g/mol. The van der Waals surface area contributed by atoms with Crippen LogP contribution in [0.3, 0.4) is 0 Å². The number of halogens is 1. The second kappa shape index (κ2) is 12.7. The van der Waals surface area contributed by atoms with Crippen LogP contribution in [-0.2, 0) is 17.6 Å². The normalized spacial score (nSPS) is 11.5. The number of hydrogen-bond acceptors (Lipinski definition) is 5. The molecule has 0 bridgehead atoms. The summed E-state index contributed by atoms with van der Waals surface area (Å²) < 4.78 is 19.4. The lowest BCUT2D eigenvalue weighted by Gasteiger charge is -2.19. The molecule has 1 aromatic heterocycles. The lowest BCUT2D eigenvalue weighted by Crippen LogP contribution is -2.42. The summed E-state index contributed by atoms with van der Waals surface area (Å²) in [5.74, 6) is -0.883. The van der Waals surface area contributed by atoms with Crippen LogP contribution in [0.15, 0.2) is 91.0 Å². The summed E-state index contributed by atoms with van der Waals surface area (Å²) >= 11 is 0. The highest BCUT2D eigenvalue weighted by atomic mass is 19.1. The fourth-order valence-electron chi connectivity index (χ4n) is 4.08. The molecule has 7 nitrogen and oxygen atoms in total. The van der Waals surface area contributed by atoms with E-state index in [1.807, 2.05) is 60.5 Å². The number of aryl methyl sites for hydroxylation is 1. The highest BCUT2D eigenvalue weighted by Gasteiger charge is 2.22. The molecule has 0 spiro atoms. The third kappa shape index (κ3) is 7.41. The molecule has 39 heavy (non-hydrogen) atoms. The largest absolute Gasteiger partial charge is 0.493 e. The van der Waals surface area contributed by atoms with Gasteiger partial charge in [0.2, 0.25) is 0 Å². The quantitative estimate of drug-likeness (QED) is 0.274. The van der Waals surface area contributed by atoms with Gasteiger partial charge in [-0.15, -0.1) is 0 Å². The maximum Gasteiger partial charge on any atom is 0.326 e. The number of carboxylic acids is 1. The summed E-state index contributed by atoms with van der Waals surface area (Å²) in [7, 11) is 1.97. The molecule has 4 rings (SSSR count). The number of hydrogen-bond donors (Lipinski definition) is 2.